The van der Waals surface area contributed by atoms with Gasteiger partial charge in [-0.05, 0) is 169 Å². The molecule has 0 amide bonds. The molecule has 10 aromatic carbocycles. The summed E-state index contributed by atoms with van der Waals surface area (Å²) < 4.78 is 2.49. The fourth-order valence-corrected chi connectivity index (χ4v) is 12.2. The second-order valence-corrected chi connectivity index (χ2v) is 21.3. The van der Waals surface area contributed by atoms with Crippen LogP contribution in [-0.4, -0.2) is 4.57 Å². The maximum atomic E-state index is 2.49. The van der Waals surface area contributed by atoms with E-state index < -0.39 is 0 Å². The van der Waals surface area contributed by atoms with Gasteiger partial charge in [0.2, 0.25) is 0 Å². The molecule has 0 spiro atoms. The van der Waals surface area contributed by atoms with Crippen LogP contribution < -0.4 is 4.90 Å². The van der Waals surface area contributed by atoms with Gasteiger partial charge in [-0.1, -0.05) is 193 Å². The van der Waals surface area contributed by atoms with Crippen molar-refractivity contribution in [1.29, 1.82) is 0 Å². The summed E-state index contributed by atoms with van der Waals surface area (Å²) in [7, 11) is 0. The van der Waals surface area contributed by atoms with Crippen molar-refractivity contribution in [2.75, 3.05) is 4.90 Å². The second-order valence-electron chi connectivity index (χ2n) is 21.3. The molecule has 13 rings (SSSR count). The molecule has 2 heteroatoms. The number of hydrogen-bond donors (Lipinski definition) is 0. The first-order chi connectivity index (χ1) is 35.1. The molecule has 0 bridgehead atoms. The Bertz CT molecular complexity index is 3890. The highest BCUT2D eigenvalue weighted by Gasteiger charge is 2.37. The van der Waals surface area contributed by atoms with E-state index in [1.807, 2.05) is 0 Å². The van der Waals surface area contributed by atoms with Gasteiger partial charge in [0.15, 0.2) is 0 Å². The average Bonchev–Trinajstić information content (AvgIpc) is 3.97. The fourth-order valence-electron chi connectivity index (χ4n) is 12.2. The first-order valence-corrected chi connectivity index (χ1v) is 25.8. The van der Waals surface area contributed by atoms with E-state index in [9.17, 15) is 0 Å². The second kappa shape index (κ2) is 16.7. The number of nitrogens with zero attached hydrogens (tertiary/aromatic N) is 2. The van der Waals surface area contributed by atoms with Crippen molar-refractivity contribution < 1.29 is 0 Å². The van der Waals surface area contributed by atoms with Crippen LogP contribution in [0, 0.1) is 0 Å². The Balaban J connectivity index is 0.925. The van der Waals surface area contributed by atoms with Crippen molar-refractivity contribution >= 4 is 38.9 Å². The van der Waals surface area contributed by atoms with E-state index in [1.165, 1.54) is 111 Å². The monoisotopic (exact) mass is 926 g/mol. The van der Waals surface area contributed by atoms with E-state index in [1.54, 1.807) is 0 Å². The number of fused-ring (bicyclic) bond motifs is 9. The molecule has 0 radical (unpaired) electrons. The van der Waals surface area contributed by atoms with Gasteiger partial charge in [-0.15, -0.1) is 0 Å². The molecule has 348 valence electrons. The van der Waals surface area contributed by atoms with Crippen molar-refractivity contribution in [2.24, 2.45) is 0 Å². The van der Waals surface area contributed by atoms with Gasteiger partial charge in [0.25, 0.3) is 0 Å². The highest BCUT2D eigenvalue weighted by atomic mass is 15.1. The highest BCUT2D eigenvalue weighted by molar-refractivity contribution is 6.12. The maximum Gasteiger partial charge on any atom is 0.0541 e. The molecule has 0 saturated heterocycles. The third-order valence-electron chi connectivity index (χ3n) is 16.5. The highest BCUT2D eigenvalue weighted by Crippen LogP contribution is 2.52. The summed E-state index contributed by atoms with van der Waals surface area (Å²) >= 11 is 0. The fraction of sp³-hybridized carbons (Fsp3) is 0.143. The smallest absolute Gasteiger partial charge is 0.0541 e. The Kier molecular flexibility index (Phi) is 10.2. The third kappa shape index (κ3) is 6.91. The van der Waals surface area contributed by atoms with Gasteiger partial charge in [0.05, 0.1) is 11.0 Å². The summed E-state index contributed by atoms with van der Waals surface area (Å²) in [5.41, 5.74) is 26.3. The summed E-state index contributed by atoms with van der Waals surface area (Å²) in [6, 6.07) is 84.3. The number of aromatic nitrogens is 1. The largest absolute Gasteiger partial charge is 0.310 e. The Labute approximate surface area is 424 Å². The van der Waals surface area contributed by atoms with Crippen LogP contribution in [0.4, 0.5) is 17.1 Å². The van der Waals surface area contributed by atoms with E-state index in [0.29, 0.717) is 5.92 Å². The van der Waals surface area contributed by atoms with Crippen LogP contribution in [-0.2, 0) is 10.8 Å². The van der Waals surface area contributed by atoms with Crippen LogP contribution in [0.1, 0.15) is 81.7 Å². The van der Waals surface area contributed by atoms with Gasteiger partial charge in [0.1, 0.15) is 0 Å². The van der Waals surface area contributed by atoms with Crippen molar-refractivity contribution in [1.82, 2.24) is 4.57 Å². The molecule has 1 atom stereocenters. The van der Waals surface area contributed by atoms with Crippen LogP contribution in [0.25, 0.3) is 83.1 Å². The number of hydrogen-bond acceptors (Lipinski definition) is 1. The Morgan fingerprint density at radius 2 is 0.792 bits per heavy atom. The lowest BCUT2D eigenvalue weighted by Crippen LogP contribution is -2.16. The number of rotatable bonds is 9. The number of benzene rings is 10. The molecule has 2 aliphatic rings. The minimum absolute atomic E-state index is 0.0984. The molecule has 2 nitrogen and oxygen atoms in total. The minimum Gasteiger partial charge on any atom is -0.310 e. The van der Waals surface area contributed by atoms with Gasteiger partial charge in [0, 0.05) is 44.4 Å². The van der Waals surface area contributed by atoms with Gasteiger partial charge < -0.3 is 9.47 Å². The summed E-state index contributed by atoms with van der Waals surface area (Å²) in [4.78, 5) is 2.42. The minimum atomic E-state index is -0.113. The van der Waals surface area contributed by atoms with Gasteiger partial charge >= 0.3 is 0 Å². The predicted molar refractivity (Wildman–Crippen MR) is 306 cm³/mol. The van der Waals surface area contributed by atoms with Crippen LogP contribution in [0.5, 0.6) is 0 Å². The zero-order valence-electron chi connectivity index (χ0n) is 42.0. The molecule has 0 N–H and O–H groups in total. The Morgan fingerprint density at radius 3 is 1.33 bits per heavy atom. The average molecular weight is 927 g/mol. The van der Waals surface area contributed by atoms with E-state index >= 15 is 0 Å². The normalized spacial score (nSPS) is 14.2. The lowest BCUT2D eigenvalue weighted by molar-refractivity contribution is 0.660. The van der Waals surface area contributed by atoms with Gasteiger partial charge in [-0.3, -0.25) is 0 Å². The molecule has 0 aliphatic heterocycles. The maximum absolute atomic E-state index is 2.49. The molecule has 1 aromatic heterocycles. The van der Waals surface area contributed by atoms with Crippen molar-refractivity contribution in [2.45, 2.75) is 64.7 Å². The first kappa shape index (κ1) is 43.8. The standard InChI is InChI=1S/C70H58N2/c1-7-45(2)46-21-23-49(24-22-46)51-29-39-67-61(41-51)62-42-52(30-40-68(62)72(67)56-36-38-60-58-18-12-14-20-64(58)70(5,6)66(60)44-56)50-27-33-54(34-28-50)71(53-31-25-48(26-32-53)47-15-9-8-10-16-47)55-35-37-59-57-17-11-13-19-63(57)69(3,4)65(59)43-55/h8-45H,7H2,1-6H3. The number of anilines is 3. The summed E-state index contributed by atoms with van der Waals surface area (Å²) in [5.74, 6) is 0.538. The summed E-state index contributed by atoms with van der Waals surface area (Å²) in [5, 5.41) is 2.50. The van der Waals surface area contributed by atoms with Crippen molar-refractivity contribution in [3.05, 3.63) is 252 Å². The van der Waals surface area contributed by atoms with Gasteiger partial charge in [-0.2, -0.15) is 0 Å². The topological polar surface area (TPSA) is 8.17 Å². The quantitative estimate of drug-likeness (QED) is 0.140. The molecular formula is C70H58N2. The molecule has 11 aromatic rings. The Morgan fingerprint density at radius 1 is 0.375 bits per heavy atom. The van der Waals surface area contributed by atoms with E-state index in [-0.39, 0.29) is 10.8 Å². The lowest BCUT2D eigenvalue weighted by Gasteiger charge is -2.28. The summed E-state index contributed by atoms with van der Waals surface area (Å²) in [6.45, 7) is 14.0. The van der Waals surface area contributed by atoms with E-state index in [0.717, 1.165) is 23.5 Å². The molecule has 0 fully saturated rings. The zero-order chi connectivity index (χ0) is 48.9. The van der Waals surface area contributed by atoms with Crippen LogP contribution in [0.15, 0.2) is 224 Å². The van der Waals surface area contributed by atoms with Crippen LogP contribution in [0.3, 0.4) is 0 Å². The van der Waals surface area contributed by atoms with Crippen molar-refractivity contribution in [3.8, 4) is 61.3 Å². The first-order valence-electron chi connectivity index (χ1n) is 25.8. The summed E-state index contributed by atoms with van der Waals surface area (Å²) in [6.07, 6.45) is 1.13. The van der Waals surface area contributed by atoms with Gasteiger partial charge in [-0.25, -0.2) is 0 Å². The molecule has 0 saturated carbocycles. The van der Waals surface area contributed by atoms with Crippen LogP contribution in [0.2, 0.25) is 0 Å². The lowest BCUT2D eigenvalue weighted by atomic mass is 9.82. The van der Waals surface area contributed by atoms with E-state index in [2.05, 4.69) is 275 Å². The Hall–Kier alpha value is -8.20. The predicted octanol–water partition coefficient (Wildman–Crippen LogP) is 19.4. The molecular weight excluding hydrogens is 869 g/mol. The SMILES string of the molecule is CCC(C)c1ccc(-c2ccc3c(c2)c2cc(-c4ccc(N(c5ccc(-c6ccccc6)cc5)c5ccc6c(c5)C(C)(C)c5ccccc5-6)cc4)ccc2n3-c2ccc3c(c2)C(C)(C)c2ccccc2-3)cc1. The third-order valence-corrected chi connectivity index (χ3v) is 16.5. The molecule has 72 heavy (non-hydrogen) atoms. The molecule has 1 unspecified atom stereocenters. The van der Waals surface area contributed by atoms with Crippen molar-refractivity contribution in [3.63, 3.8) is 0 Å². The van der Waals surface area contributed by atoms with Crippen LogP contribution >= 0.6 is 0 Å². The van der Waals surface area contributed by atoms with E-state index in [4.69, 9.17) is 0 Å². The zero-order valence-corrected chi connectivity index (χ0v) is 42.0. The molecule has 1 heterocycles. The molecule has 2 aliphatic carbocycles.